The molecule has 3 aromatic rings. The predicted octanol–water partition coefficient (Wildman–Crippen LogP) is 3.84. The molecule has 36 heavy (non-hydrogen) atoms. The number of H-pyrrole nitrogens is 1. The molecule has 1 aliphatic heterocycles. The summed E-state index contributed by atoms with van der Waals surface area (Å²) in [7, 11) is -3.93. The van der Waals surface area contributed by atoms with E-state index in [1.165, 1.54) is 22.5 Å². The zero-order valence-electron chi connectivity index (χ0n) is 20.0. The second kappa shape index (κ2) is 10.8. The van der Waals surface area contributed by atoms with E-state index < -0.39 is 15.9 Å². The second-order valence-corrected chi connectivity index (χ2v) is 10.9. The maximum atomic E-state index is 13.4. The molecule has 1 atom stereocenters. The van der Waals surface area contributed by atoms with Gasteiger partial charge in [-0.15, -0.1) is 0 Å². The molecular weight excluding hydrogens is 504 g/mol. The molecule has 2 heterocycles. The van der Waals surface area contributed by atoms with E-state index in [0.29, 0.717) is 48.8 Å². The van der Waals surface area contributed by atoms with Gasteiger partial charge in [-0.3, -0.25) is 9.59 Å². The van der Waals surface area contributed by atoms with Crippen molar-refractivity contribution in [1.29, 1.82) is 0 Å². The Morgan fingerprint density at radius 1 is 1.25 bits per heavy atom. The summed E-state index contributed by atoms with van der Waals surface area (Å²) in [6, 6.07) is 12.9. The van der Waals surface area contributed by atoms with Crippen LogP contribution in [-0.4, -0.2) is 48.3 Å². The van der Waals surface area contributed by atoms with Gasteiger partial charge in [0.05, 0.1) is 12.5 Å². The molecule has 9 nitrogen and oxygen atoms in total. The number of aromatic amines is 1. The fourth-order valence-electron chi connectivity index (χ4n) is 4.18. The van der Waals surface area contributed by atoms with Gasteiger partial charge in [0.15, 0.2) is 0 Å². The number of nitrogens with zero attached hydrogens (tertiary/aromatic N) is 2. The molecule has 11 heteroatoms. The smallest absolute Gasteiger partial charge is 0.251 e. The number of hydrogen-bond donors (Lipinski definition) is 2. The van der Waals surface area contributed by atoms with Crippen LogP contribution in [0.15, 0.2) is 58.2 Å². The number of carbonyl (C=O) groups is 1. The lowest BCUT2D eigenvalue weighted by Crippen LogP contribution is -2.43. The Morgan fingerprint density at radius 2 is 2.06 bits per heavy atom. The lowest BCUT2D eigenvalue weighted by atomic mass is 9.98. The largest absolute Gasteiger partial charge is 0.492 e. The summed E-state index contributed by atoms with van der Waals surface area (Å²) < 4.78 is 33.7. The molecule has 0 radical (unpaired) electrons. The number of aromatic nitrogens is 2. The highest BCUT2D eigenvalue weighted by molar-refractivity contribution is 7.89. The molecule has 0 spiro atoms. The first-order chi connectivity index (χ1) is 17.2. The van der Waals surface area contributed by atoms with Gasteiger partial charge in [-0.1, -0.05) is 23.7 Å². The van der Waals surface area contributed by atoms with Crippen molar-refractivity contribution in [2.45, 2.75) is 31.6 Å². The van der Waals surface area contributed by atoms with Crippen molar-refractivity contribution in [2.75, 3.05) is 25.0 Å². The van der Waals surface area contributed by atoms with Crippen LogP contribution in [0.5, 0.6) is 5.75 Å². The Hall–Kier alpha value is -3.21. The average molecular weight is 531 g/mol. The fraction of sp³-hybridized carbons (Fsp3) is 0.320. The number of benzene rings is 2. The summed E-state index contributed by atoms with van der Waals surface area (Å²) in [5.41, 5.74) is 1.49. The molecule has 0 saturated carbocycles. The van der Waals surface area contributed by atoms with Crippen molar-refractivity contribution in [3.63, 3.8) is 0 Å². The third kappa shape index (κ3) is 5.77. The maximum Gasteiger partial charge on any atom is 0.251 e. The zero-order chi connectivity index (χ0) is 25.9. The minimum atomic E-state index is -3.93. The molecule has 2 N–H and O–H groups in total. The minimum absolute atomic E-state index is 0.00902. The van der Waals surface area contributed by atoms with Gasteiger partial charge in [0.2, 0.25) is 15.9 Å². The molecule has 1 saturated heterocycles. The van der Waals surface area contributed by atoms with Gasteiger partial charge in [-0.2, -0.15) is 4.31 Å². The number of nitrogens with one attached hydrogen (secondary N) is 2. The number of anilines is 1. The molecule has 1 amide bonds. The van der Waals surface area contributed by atoms with Crippen LogP contribution in [0.1, 0.15) is 25.5 Å². The molecular formula is C25H27ClN4O5S. The highest BCUT2D eigenvalue weighted by Crippen LogP contribution is 2.32. The Bertz CT molecular complexity index is 1440. The van der Waals surface area contributed by atoms with Crippen molar-refractivity contribution in [3.05, 3.63) is 69.6 Å². The van der Waals surface area contributed by atoms with E-state index in [2.05, 4.69) is 15.3 Å². The van der Waals surface area contributed by atoms with Crippen LogP contribution in [0.3, 0.4) is 0 Å². The lowest BCUT2D eigenvalue weighted by Gasteiger charge is -2.31. The van der Waals surface area contributed by atoms with E-state index >= 15 is 0 Å². The quantitative estimate of drug-likeness (QED) is 0.478. The number of halogens is 1. The maximum absolute atomic E-state index is 13.4. The van der Waals surface area contributed by atoms with E-state index in [0.717, 1.165) is 0 Å². The molecule has 0 bridgehead atoms. The van der Waals surface area contributed by atoms with Crippen LogP contribution < -0.4 is 15.6 Å². The summed E-state index contributed by atoms with van der Waals surface area (Å²) in [5, 5.41) is 3.16. The second-order valence-electron chi connectivity index (χ2n) is 8.53. The molecule has 2 aromatic carbocycles. The number of rotatable bonds is 7. The van der Waals surface area contributed by atoms with E-state index in [1.807, 2.05) is 0 Å². The summed E-state index contributed by atoms with van der Waals surface area (Å²) in [4.78, 5) is 31.9. The number of amides is 1. The Balaban J connectivity index is 1.52. The summed E-state index contributed by atoms with van der Waals surface area (Å²) >= 11 is 6.08. The van der Waals surface area contributed by atoms with Crippen molar-refractivity contribution in [2.24, 2.45) is 5.92 Å². The number of ether oxygens (including phenoxy) is 1. The van der Waals surface area contributed by atoms with Crippen molar-refractivity contribution in [1.82, 2.24) is 14.3 Å². The minimum Gasteiger partial charge on any atom is -0.492 e. The van der Waals surface area contributed by atoms with Crippen LogP contribution in [0.4, 0.5) is 5.69 Å². The predicted molar refractivity (Wildman–Crippen MR) is 138 cm³/mol. The number of piperidine rings is 1. The SMILES string of the molecule is CCOc1ccc(Cl)cc1S(=O)(=O)N1CCC[C@@H](C(=O)Nc2cccc(-c3nc(C)cc(=O)[nH]3)c2)C1. The van der Waals surface area contributed by atoms with E-state index in [1.54, 1.807) is 44.2 Å². The third-order valence-corrected chi connectivity index (χ3v) is 7.97. The van der Waals surface area contributed by atoms with Crippen LogP contribution in [-0.2, 0) is 14.8 Å². The zero-order valence-corrected chi connectivity index (χ0v) is 21.5. The van der Waals surface area contributed by atoms with Gasteiger partial charge in [-0.25, -0.2) is 13.4 Å². The van der Waals surface area contributed by atoms with Crippen LogP contribution in [0.25, 0.3) is 11.4 Å². The number of aryl methyl sites for hydroxylation is 1. The van der Waals surface area contributed by atoms with E-state index in [9.17, 15) is 18.0 Å². The molecule has 1 aliphatic rings. The van der Waals surface area contributed by atoms with Gasteiger partial charge in [-0.05, 0) is 57.0 Å². The highest BCUT2D eigenvalue weighted by atomic mass is 35.5. The van der Waals surface area contributed by atoms with Crippen molar-refractivity contribution < 1.29 is 17.9 Å². The number of hydrogen-bond acceptors (Lipinski definition) is 6. The Morgan fingerprint density at radius 3 is 2.81 bits per heavy atom. The molecule has 1 fully saturated rings. The third-order valence-electron chi connectivity index (χ3n) is 5.85. The molecule has 4 rings (SSSR count). The number of sulfonamides is 1. The Labute approximate surface area is 214 Å². The van der Waals surface area contributed by atoms with Gasteiger partial charge in [0.1, 0.15) is 16.5 Å². The first-order valence-corrected chi connectivity index (χ1v) is 13.4. The monoisotopic (exact) mass is 530 g/mol. The first-order valence-electron chi connectivity index (χ1n) is 11.6. The Kier molecular flexibility index (Phi) is 7.77. The molecule has 0 aliphatic carbocycles. The average Bonchev–Trinajstić information content (AvgIpc) is 2.85. The van der Waals surface area contributed by atoms with Crippen LogP contribution in [0.2, 0.25) is 5.02 Å². The molecule has 0 unspecified atom stereocenters. The highest BCUT2D eigenvalue weighted by Gasteiger charge is 2.35. The molecule has 1 aromatic heterocycles. The normalized spacial score (nSPS) is 16.5. The van der Waals surface area contributed by atoms with E-state index in [4.69, 9.17) is 16.3 Å². The van der Waals surface area contributed by atoms with Crippen molar-refractivity contribution >= 4 is 33.2 Å². The van der Waals surface area contributed by atoms with Gasteiger partial charge >= 0.3 is 0 Å². The van der Waals surface area contributed by atoms with Gasteiger partial charge < -0.3 is 15.0 Å². The van der Waals surface area contributed by atoms with Crippen LogP contribution >= 0.6 is 11.6 Å². The fourth-order valence-corrected chi connectivity index (χ4v) is 6.09. The number of carbonyl (C=O) groups excluding carboxylic acids is 1. The van der Waals surface area contributed by atoms with E-state index in [-0.39, 0.29) is 33.7 Å². The van der Waals surface area contributed by atoms with Crippen molar-refractivity contribution in [3.8, 4) is 17.1 Å². The van der Waals surface area contributed by atoms with Gasteiger partial charge in [0.25, 0.3) is 5.56 Å². The van der Waals surface area contributed by atoms with Crippen LogP contribution in [0, 0.1) is 12.8 Å². The lowest BCUT2D eigenvalue weighted by molar-refractivity contribution is -0.120. The molecule has 190 valence electrons. The topological polar surface area (TPSA) is 121 Å². The first kappa shape index (κ1) is 25.9. The summed E-state index contributed by atoms with van der Waals surface area (Å²) in [6.07, 6.45) is 1.09. The summed E-state index contributed by atoms with van der Waals surface area (Å²) in [5.74, 6) is -0.191. The standard InChI is InChI=1S/C25H27ClN4O5S/c1-3-35-21-10-9-19(26)14-22(21)36(33,34)30-11-5-7-18(15-30)25(32)28-20-8-4-6-17(13-20)24-27-16(2)12-23(31)29-24/h4,6,8-10,12-14,18H,3,5,7,11,15H2,1-2H3,(H,28,32)(H,27,29,31)/t18-/m1/s1. The summed E-state index contributed by atoms with van der Waals surface area (Å²) in [6.45, 7) is 4.15. The van der Waals surface area contributed by atoms with Gasteiger partial charge in [0, 0.05) is 41.1 Å².